The van der Waals surface area contributed by atoms with Gasteiger partial charge in [0.1, 0.15) is 17.5 Å². The maximum absolute atomic E-state index is 12.9. The van der Waals surface area contributed by atoms with Crippen LogP contribution in [0, 0.1) is 12.7 Å². The third kappa shape index (κ3) is 1.96. The third-order valence-corrected chi connectivity index (χ3v) is 4.04. The number of pyridine rings is 1. The Morgan fingerprint density at radius 2 is 1.95 bits per heavy atom. The Morgan fingerprint density at radius 3 is 2.71 bits per heavy atom. The van der Waals surface area contributed by atoms with Crippen molar-refractivity contribution >= 4 is 16.9 Å². The molecule has 21 heavy (non-hydrogen) atoms. The molecule has 1 fully saturated rings. The van der Waals surface area contributed by atoms with Crippen molar-refractivity contribution < 1.29 is 4.39 Å². The summed E-state index contributed by atoms with van der Waals surface area (Å²) >= 11 is 0. The predicted octanol–water partition coefficient (Wildman–Crippen LogP) is 2.94. The number of para-hydroxylation sites is 2. The lowest BCUT2D eigenvalue weighted by Gasteiger charge is -2.41. The van der Waals surface area contributed by atoms with Gasteiger partial charge in [-0.05, 0) is 31.2 Å². The summed E-state index contributed by atoms with van der Waals surface area (Å²) in [7, 11) is 0. The fraction of sp³-hybridized carbons (Fsp3) is 0.250. The third-order valence-electron chi connectivity index (χ3n) is 4.04. The van der Waals surface area contributed by atoms with E-state index in [9.17, 15) is 4.39 Å². The molecule has 3 heterocycles. The molecule has 0 spiro atoms. The smallest absolute Gasteiger partial charge is 0.141 e. The van der Waals surface area contributed by atoms with E-state index in [1.165, 1.54) is 17.8 Å². The molecule has 0 N–H and O–H groups in total. The van der Waals surface area contributed by atoms with E-state index < -0.39 is 0 Å². The average Bonchev–Trinajstić information content (AvgIpc) is 2.76. The summed E-state index contributed by atoms with van der Waals surface area (Å²) in [5.74, 6) is 1.56. The van der Waals surface area contributed by atoms with Gasteiger partial charge in [0.2, 0.25) is 0 Å². The maximum atomic E-state index is 12.9. The van der Waals surface area contributed by atoms with Crippen molar-refractivity contribution in [1.29, 1.82) is 0 Å². The first kappa shape index (κ1) is 12.3. The van der Waals surface area contributed by atoms with Crippen LogP contribution in [0.1, 0.15) is 11.9 Å². The molecule has 0 bridgehead atoms. The van der Waals surface area contributed by atoms with Crippen LogP contribution in [0.3, 0.4) is 0 Å². The monoisotopic (exact) mass is 282 g/mol. The van der Waals surface area contributed by atoms with Gasteiger partial charge in [-0.1, -0.05) is 12.1 Å². The highest BCUT2D eigenvalue weighted by atomic mass is 19.1. The van der Waals surface area contributed by atoms with Gasteiger partial charge in [-0.15, -0.1) is 0 Å². The van der Waals surface area contributed by atoms with Crippen LogP contribution in [-0.4, -0.2) is 27.6 Å². The zero-order valence-corrected chi connectivity index (χ0v) is 11.7. The lowest BCUT2D eigenvalue weighted by atomic mass is 10.1. The number of benzene rings is 1. The van der Waals surface area contributed by atoms with Crippen LogP contribution in [0.5, 0.6) is 0 Å². The molecule has 0 saturated carbocycles. The topological polar surface area (TPSA) is 34.0 Å². The van der Waals surface area contributed by atoms with E-state index in [1.54, 1.807) is 6.07 Å². The van der Waals surface area contributed by atoms with Gasteiger partial charge in [0.05, 0.1) is 23.3 Å². The molecule has 1 aromatic carbocycles. The van der Waals surface area contributed by atoms with Gasteiger partial charge >= 0.3 is 0 Å². The summed E-state index contributed by atoms with van der Waals surface area (Å²) in [5.41, 5.74) is 2.21. The van der Waals surface area contributed by atoms with E-state index in [0.29, 0.717) is 6.04 Å². The summed E-state index contributed by atoms with van der Waals surface area (Å²) in [6.07, 6.45) is 1.26. The highest BCUT2D eigenvalue weighted by molar-refractivity contribution is 5.76. The van der Waals surface area contributed by atoms with Crippen molar-refractivity contribution in [3.63, 3.8) is 0 Å². The molecule has 0 atom stereocenters. The number of hydrogen-bond acceptors (Lipinski definition) is 3. The second-order valence-corrected chi connectivity index (χ2v) is 5.41. The molecular formula is C16H15FN4. The summed E-state index contributed by atoms with van der Waals surface area (Å²) < 4.78 is 15.2. The van der Waals surface area contributed by atoms with Crippen molar-refractivity contribution in [1.82, 2.24) is 14.5 Å². The van der Waals surface area contributed by atoms with Gasteiger partial charge in [-0.3, -0.25) is 0 Å². The summed E-state index contributed by atoms with van der Waals surface area (Å²) in [5, 5.41) is 0. The first-order valence-electron chi connectivity index (χ1n) is 7.02. The number of anilines is 1. The SMILES string of the molecule is Cc1nc2ccccc2n1C1CN(c2ccc(F)cn2)C1. The van der Waals surface area contributed by atoms with Crippen molar-refractivity contribution in [2.24, 2.45) is 0 Å². The van der Waals surface area contributed by atoms with E-state index >= 15 is 0 Å². The summed E-state index contributed by atoms with van der Waals surface area (Å²) in [4.78, 5) is 10.9. The van der Waals surface area contributed by atoms with Gasteiger partial charge in [-0.2, -0.15) is 0 Å². The van der Waals surface area contributed by atoms with Crippen LogP contribution in [0.2, 0.25) is 0 Å². The zero-order valence-electron chi connectivity index (χ0n) is 11.7. The molecule has 1 aliphatic heterocycles. The molecule has 0 unspecified atom stereocenters. The highest BCUT2D eigenvalue weighted by Gasteiger charge is 2.31. The van der Waals surface area contributed by atoms with Crippen LogP contribution < -0.4 is 4.90 Å². The number of imidazole rings is 1. The minimum absolute atomic E-state index is 0.299. The van der Waals surface area contributed by atoms with E-state index in [1.807, 2.05) is 25.1 Å². The van der Waals surface area contributed by atoms with Crippen LogP contribution >= 0.6 is 0 Å². The number of halogens is 1. The predicted molar refractivity (Wildman–Crippen MR) is 79.9 cm³/mol. The molecule has 1 aliphatic rings. The summed E-state index contributed by atoms with van der Waals surface area (Å²) in [6, 6.07) is 11.8. The zero-order chi connectivity index (χ0) is 14.4. The van der Waals surface area contributed by atoms with Crippen LogP contribution in [0.25, 0.3) is 11.0 Å². The highest BCUT2D eigenvalue weighted by Crippen LogP contribution is 2.30. The number of aromatic nitrogens is 3. The second-order valence-electron chi connectivity index (χ2n) is 5.41. The first-order valence-corrected chi connectivity index (χ1v) is 7.02. The van der Waals surface area contributed by atoms with Crippen molar-refractivity contribution in [2.75, 3.05) is 18.0 Å². The Kier molecular flexibility index (Phi) is 2.67. The molecule has 0 radical (unpaired) electrons. The molecule has 5 heteroatoms. The Labute approximate surface area is 121 Å². The molecule has 0 amide bonds. The average molecular weight is 282 g/mol. The second kappa shape index (κ2) is 4.55. The normalized spacial score (nSPS) is 15.4. The largest absolute Gasteiger partial charge is 0.352 e. The molecule has 2 aromatic heterocycles. The van der Waals surface area contributed by atoms with E-state index in [-0.39, 0.29) is 5.82 Å². The van der Waals surface area contributed by atoms with Gasteiger partial charge in [0.25, 0.3) is 0 Å². The standard InChI is InChI=1S/C16H15FN4/c1-11-19-14-4-2-3-5-15(14)21(11)13-9-20(10-13)16-7-6-12(17)8-18-16/h2-8,13H,9-10H2,1H3. The quantitative estimate of drug-likeness (QED) is 0.724. The lowest BCUT2D eigenvalue weighted by molar-refractivity contribution is 0.399. The van der Waals surface area contributed by atoms with Crippen molar-refractivity contribution in [3.05, 3.63) is 54.2 Å². The number of hydrogen-bond donors (Lipinski definition) is 0. The Hall–Kier alpha value is -2.43. The molecule has 106 valence electrons. The van der Waals surface area contributed by atoms with Crippen LogP contribution in [-0.2, 0) is 0 Å². The Bertz CT molecular complexity index is 788. The van der Waals surface area contributed by atoms with Gasteiger partial charge < -0.3 is 9.47 Å². The van der Waals surface area contributed by atoms with Gasteiger partial charge in [0.15, 0.2) is 0 Å². The molecule has 4 rings (SSSR count). The van der Waals surface area contributed by atoms with Crippen LogP contribution in [0.15, 0.2) is 42.6 Å². The number of fused-ring (bicyclic) bond motifs is 1. The van der Waals surface area contributed by atoms with Crippen molar-refractivity contribution in [3.8, 4) is 0 Å². The molecule has 0 aliphatic carbocycles. The number of rotatable bonds is 2. The minimum atomic E-state index is -0.299. The maximum Gasteiger partial charge on any atom is 0.141 e. The van der Waals surface area contributed by atoms with E-state index in [4.69, 9.17) is 0 Å². The lowest BCUT2D eigenvalue weighted by Crippen LogP contribution is -2.48. The molecular weight excluding hydrogens is 267 g/mol. The fourth-order valence-corrected chi connectivity index (χ4v) is 2.99. The van der Waals surface area contributed by atoms with Crippen molar-refractivity contribution in [2.45, 2.75) is 13.0 Å². The molecule has 3 aromatic rings. The van der Waals surface area contributed by atoms with E-state index in [2.05, 4.69) is 25.5 Å². The number of aryl methyl sites for hydroxylation is 1. The first-order chi connectivity index (χ1) is 10.2. The minimum Gasteiger partial charge on any atom is -0.352 e. The fourth-order valence-electron chi connectivity index (χ4n) is 2.99. The van der Waals surface area contributed by atoms with Gasteiger partial charge in [-0.25, -0.2) is 14.4 Å². The number of nitrogens with zero attached hydrogens (tertiary/aromatic N) is 4. The molecule has 4 nitrogen and oxygen atoms in total. The Balaban J connectivity index is 1.59. The summed E-state index contributed by atoms with van der Waals surface area (Å²) in [6.45, 7) is 3.79. The molecule has 1 saturated heterocycles. The van der Waals surface area contributed by atoms with E-state index in [0.717, 1.165) is 30.2 Å². The Morgan fingerprint density at radius 1 is 1.14 bits per heavy atom. The van der Waals surface area contributed by atoms with Crippen LogP contribution in [0.4, 0.5) is 10.2 Å². The van der Waals surface area contributed by atoms with Gasteiger partial charge in [0, 0.05) is 13.1 Å².